The molecule has 0 spiro atoms. The van der Waals surface area contributed by atoms with Gasteiger partial charge in [-0.05, 0) is 95.2 Å². The van der Waals surface area contributed by atoms with E-state index in [2.05, 4.69) is 27.9 Å². The molecule has 0 radical (unpaired) electrons. The highest BCUT2D eigenvalue weighted by atomic mass is 127. The van der Waals surface area contributed by atoms with Gasteiger partial charge in [0.1, 0.15) is 17.9 Å². The van der Waals surface area contributed by atoms with Crippen molar-refractivity contribution >= 4 is 63.8 Å². The molecule has 37 heavy (non-hydrogen) atoms. The van der Waals surface area contributed by atoms with Gasteiger partial charge in [-0.3, -0.25) is 14.9 Å². The Labute approximate surface area is 232 Å². The van der Waals surface area contributed by atoms with Gasteiger partial charge in [0.2, 0.25) is 0 Å². The van der Waals surface area contributed by atoms with E-state index >= 15 is 0 Å². The molecule has 0 aromatic heterocycles. The molecule has 4 amide bonds. The highest BCUT2D eigenvalue weighted by Gasteiger charge is 2.37. The van der Waals surface area contributed by atoms with Crippen molar-refractivity contribution < 1.29 is 28.6 Å². The Morgan fingerprint density at radius 1 is 1.00 bits per heavy atom. The minimum Gasteiger partial charge on any atom is -0.493 e. The highest BCUT2D eigenvalue weighted by Crippen LogP contribution is 2.35. The van der Waals surface area contributed by atoms with Crippen molar-refractivity contribution in [3.05, 3.63) is 86.0 Å². The number of rotatable bonds is 8. The van der Waals surface area contributed by atoms with E-state index in [1.165, 1.54) is 13.2 Å². The standard InChI is InChI=1S/C27H22ClIN2O6/c1-3-36-24-22(29)13-17(14-23(24)35-2)12-21-25(32)30-27(34)31(26(21)33)19-8-10-20(11-9-19)37-15-16-4-6-18(28)7-5-16/h4-14H,3,15H2,1-2H3,(H,30,32,34)/b21-12+. The molecule has 1 saturated heterocycles. The average Bonchev–Trinajstić information content (AvgIpc) is 2.88. The molecule has 10 heteroatoms. The zero-order valence-electron chi connectivity index (χ0n) is 19.9. The van der Waals surface area contributed by atoms with Crippen molar-refractivity contribution in [2.45, 2.75) is 13.5 Å². The van der Waals surface area contributed by atoms with Gasteiger partial charge >= 0.3 is 6.03 Å². The summed E-state index contributed by atoms with van der Waals surface area (Å²) >= 11 is 8.00. The minimum absolute atomic E-state index is 0.190. The SMILES string of the molecule is CCOc1c(I)cc(/C=C2\C(=O)NC(=O)N(c3ccc(OCc4ccc(Cl)cc4)cc3)C2=O)cc1OC. The van der Waals surface area contributed by atoms with E-state index in [1.807, 2.05) is 19.1 Å². The Morgan fingerprint density at radius 2 is 1.70 bits per heavy atom. The summed E-state index contributed by atoms with van der Waals surface area (Å²) in [6, 6.07) is 16.3. The smallest absolute Gasteiger partial charge is 0.335 e. The summed E-state index contributed by atoms with van der Waals surface area (Å²) in [5, 5.41) is 2.87. The van der Waals surface area contributed by atoms with Crippen LogP contribution in [0.15, 0.2) is 66.2 Å². The van der Waals surface area contributed by atoms with Gasteiger partial charge in [0.15, 0.2) is 11.5 Å². The number of benzene rings is 3. The minimum atomic E-state index is -0.833. The molecule has 3 aromatic carbocycles. The molecular formula is C27H22ClIN2O6. The van der Waals surface area contributed by atoms with E-state index in [0.29, 0.717) is 46.7 Å². The molecule has 3 aromatic rings. The number of amides is 4. The second-order valence-electron chi connectivity index (χ2n) is 7.83. The maximum absolute atomic E-state index is 13.3. The van der Waals surface area contributed by atoms with Gasteiger partial charge in [0.05, 0.1) is 23.0 Å². The number of hydrogen-bond acceptors (Lipinski definition) is 6. The number of imide groups is 2. The zero-order chi connectivity index (χ0) is 26.5. The van der Waals surface area contributed by atoms with Gasteiger partial charge in [-0.25, -0.2) is 9.69 Å². The van der Waals surface area contributed by atoms with E-state index in [-0.39, 0.29) is 5.57 Å². The van der Waals surface area contributed by atoms with Crippen LogP contribution in [-0.2, 0) is 16.2 Å². The number of nitrogens with zero attached hydrogens (tertiary/aromatic N) is 1. The van der Waals surface area contributed by atoms with E-state index in [9.17, 15) is 14.4 Å². The van der Waals surface area contributed by atoms with Crippen molar-refractivity contribution in [2.24, 2.45) is 0 Å². The lowest BCUT2D eigenvalue weighted by Gasteiger charge is -2.26. The van der Waals surface area contributed by atoms with Gasteiger partial charge in [-0.1, -0.05) is 23.7 Å². The van der Waals surface area contributed by atoms with Crippen LogP contribution in [0.25, 0.3) is 6.08 Å². The molecular weight excluding hydrogens is 611 g/mol. The molecule has 1 heterocycles. The van der Waals surface area contributed by atoms with Crippen LogP contribution in [0, 0.1) is 3.57 Å². The number of carbonyl (C=O) groups is 3. The number of anilines is 1. The third-order valence-electron chi connectivity index (χ3n) is 5.37. The summed E-state index contributed by atoms with van der Waals surface area (Å²) in [4.78, 5) is 39.3. The van der Waals surface area contributed by atoms with Gasteiger partial charge in [-0.15, -0.1) is 0 Å². The third-order valence-corrected chi connectivity index (χ3v) is 6.42. The zero-order valence-corrected chi connectivity index (χ0v) is 22.8. The van der Waals surface area contributed by atoms with Gasteiger partial charge in [-0.2, -0.15) is 0 Å². The number of ether oxygens (including phenoxy) is 3. The molecule has 1 aliphatic rings. The van der Waals surface area contributed by atoms with Crippen molar-refractivity contribution in [1.29, 1.82) is 0 Å². The lowest BCUT2D eigenvalue weighted by atomic mass is 10.1. The maximum atomic E-state index is 13.3. The maximum Gasteiger partial charge on any atom is 0.335 e. The van der Waals surface area contributed by atoms with Crippen LogP contribution in [0.2, 0.25) is 5.02 Å². The first-order chi connectivity index (χ1) is 17.8. The monoisotopic (exact) mass is 632 g/mol. The number of halogens is 2. The van der Waals surface area contributed by atoms with Crippen molar-refractivity contribution in [1.82, 2.24) is 5.32 Å². The Kier molecular flexibility index (Phi) is 8.34. The average molecular weight is 633 g/mol. The quantitative estimate of drug-likeness (QED) is 0.198. The second-order valence-corrected chi connectivity index (χ2v) is 9.43. The van der Waals surface area contributed by atoms with Gasteiger partial charge < -0.3 is 14.2 Å². The Balaban J connectivity index is 1.56. The van der Waals surface area contributed by atoms with E-state index in [0.717, 1.165) is 14.0 Å². The summed E-state index contributed by atoms with van der Waals surface area (Å²) < 4.78 is 17.5. The fraction of sp³-hybridized carbons (Fsp3) is 0.148. The Morgan fingerprint density at radius 3 is 2.35 bits per heavy atom. The normalized spacial score (nSPS) is 14.5. The summed E-state index contributed by atoms with van der Waals surface area (Å²) in [6.07, 6.45) is 1.42. The topological polar surface area (TPSA) is 94.2 Å². The van der Waals surface area contributed by atoms with E-state index < -0.39 is 17.8 Å². The second kappa shape index (κ2) is 11.7. The van der Waals surface area contributed by atoms with Crippen molar-refractivity contribution in [3.63, 3.8) is 0 Å². The molecule has 4 rings (SSSR count). The first-order valence-electron chi connectivity index (χ1n) is 11.2. The summed E-state index contributed by atoms with van der Waals surface area (Å²) in [6.45, 7) is 2.64. The van der Waals surface area contributed by atoms with E-state index in [1.54, 1.807) is 48.5 Å². The predicted octanol–water partition coefficient (Wildman–Crippen LogP) is 5.60. The Bertz CT molecular complexity index is 1370. The fourth-order valence-corrected chi connectivity index (χ4v) is 4.51. The Hall–Kier alpha value is -3.57. The number of barbiturate groups is 1. The van der Waals surface area contributed by atoms with Crippen LogP contribution in [0.4, 0.5) is 10.5 Å². The van der Waals surface area contributed by atoms with Gasteiger partial charge in [0, 0.05) is 5.02 Å². The lowest BCUT2D eigenvalue weighted by Crippen LogP contribution is -2.54. The molecule has 0 unspecified atom stereocenters. The molecule has 1 aliphatic heterocycles. The first-order valence-corrected chi connectivity index (χ1v) is 12.7. The van der Waals surface area contributed by atoms with Crippen LogP contribution in [0.5, 0.6) is 17.2 Å². The first kappa shape index (κ1) is 26.5. The van der Waals surface area contributed by atoms with Crippen LogP contribution in [-0.4, -0.2) is 31.6 Å². The molecule has 0 atom stereocenters. The number of nitrogens with one attached hydrogen (secondary N) is 1. The third kappa shape index (κ3) is 6.05. The van der Waals surface area contributed by atoms with Crippen LogP contribution in [0.1, 0.15) is 18.1 Å². The van der Waals surface area contributed by atoms with Crippen LogP contribution < -0.4 is 24.4 Å². The largest absolute Gasteiger partial charge is 0.493 e. The molecule has 0 bridgehead atoms. The fourth-order valence-electron chi connectivity index (χ4n) is 3.60. The molecule has 0 aliphatic carbocycles. The lowest BCUT2D eigenvalue weighted by molar-refractivity contribution is -0.122. The highest BCUT2D eigenvalue weighted by molar-refractivity contribution is 14.1. The van der Waals surface area contributed by atoms with Crippen molar-refractivity contribution in [3.8, 4) is 17.2 Å². The predicted molar refractivity (Wildman–Crippen MR) is 148 cm³/mol. The van der Waals surface area contributed by atoms with E-state index in [4.69, 9.17) is 25.8 Å². The number of methoxy groups -OCH3 is 1. The number of carbonyl (C=O) groups excluding carboxylic acids is 3. The summed E-state index contributed by atoms with van der Waals surface area (Å²) in [5.41, 5.74) is 1.58. The molecule has 0 saturated carbocycles. The van der Waals surface area contributed by atoms with Gasteiger partial charge in [0.25, 0.3) is 11.8 Å². The van der Waals surface area contributed by atoms with Crippen LogP contribution >= 0.6 is 34.2 Å². The molecule has 1 fully saturated rings. The summed E-state index contributed by atoms with van der Waals surface area (Å²) in [5.74, 6) is 0.0590. The van der Waals surface area contributed by atoms with Crippen molar-refractivity contribution in [2.75, 3.05) is 18.6 Å². The van der Waals surface area contributed by atoms with Crippen LogP contribution in [0.3, 0.4) is 0 Å². The number of urea groups is 1. The number of hydrogen-bond donors (Lipinski definition) is 1. The molecule has 8 nitrogen and oxygen atoms in total. The molecule has 190 valence electrons. The molecule has 1 N–H and O–H groups in total. The summed E-state index contributed by atoms with van der Waals surface area (Å²) in [7, 11) is 1.51.